The molecule has 2 aromatic heterocycles. The van der Waals surface area contributed by atoms with E-state index in [9.17, 15) is 0 Å². The number of fused-ring (bicyclic) bond motifs is 1. The van der Waals surface area contributed by atoms with Crippen LogP contribution in [0.1, 0.15) is 5.56 Å². The first-order valence-electron chi connectivity index (χ1n) is 7.32. The molecule has 3 aromatic rings. The van der Waals surface area contributed by atoms with Crippen molar-refractivity contribution in [2.45, 2.75) is 6.54 Å². The number of benzene rings is 1. The molecule has 0 aliphatic heterocycles. The molecule has 0 radical (unpaired) electrons. The van der Waals surface area contributed by atoms with E-state index in [1.807, 2.05) is 55.1 Å². The summed E-state index contributed by atoms with van der Waals surface area (Å²) >= 11 is 0. The largest absolute Gasteiger partial charge is 0.385 e. The van der Waals surface area contributed by atoms with Crippen molar-refractivity contribution in [3.63, 3.8) is 0 Å². The lowest BCUT2D eigenvalue weighted by Crippen LogP contribution is -2.27. The van der Waals surface area contributed by atoms with E-state index in [1.165, 1.54) is 12.7 Å². The highest BCUT2D eigenvalue weighted by Crippen LogP contribution is 2.27. The molecule has 7 heteroatoms. The molecule has 0 saturated heterocycles. The van der Waals surface area contributed by atoms with Gasteiger partial charge >= 0.3 is 5.65 Å². The van der Waals surface area contributed by atoms with Gasteiger partial charge in [0.25, 0.3) is 0 Å². The topological polar surface area (TPSA) is 61.2 Å². The first kappa shape index (κ1) is 15.2. The monoisotopic (exact) mass is 312 g/mol. The highest BCUT2D eigenvalue weighted by Gasteiger charge is 2.18. The second-order valence-corrected chi connectivity index (χ2v) is 5.53. The average Bonchev–Trinajstić information content (AvgIpc) is 2.85. The normalized spacial score (nSPS) is 11.0. The molecule has 0 aliphatic carbocycles. The van der Waals surface area contributed by atoms with E-state index < -0.39 is 0 Å². The molecular weight excluding hydrogens is 292 g/mol. The Morgan fingerprint density at radius 1 is 1.22 bits per heavy atom. The van der Waals surface area contributed by atoms with Crippen molar-refractivity contribution in [2.24, 2.45) is 7.05 Å². The number of rotatable bonds is 5. The van der Waals surface area contributed by atoms with Gasteiger partial charge in [0, 0.05) is 27.0 Å². The quantitative estimate of drug-likeness (QED) is 0.533. The number of anilines is 1. The van der Waals surface area contributed by atoms with Crippen molar-refractivity contribution in [3.05, 3.63) is 47.7 Å². The molecule has 120 valence electrons. The van der Waals surface area contributed by atoms with Gasteiger partial charge in [-0.05, 0) is 5.56 Å². The molecule has 0 amide bonds. The van der Waals surface area contributed by atoms with Crippen LogP contribution in [0, 0.1) is 0 Å². The summed E-state index contributed by atoms with van der Waals surface area (Å²) in [6.07, 6.45) is 2.00. The highest BCUT2D eigenvalue weighted by atomic mass is 16.6. The molecule has 3 rings (SSSR count). The van der Waals surface area contributed by atoms with Gasteiger partial charge in [0.2, 0.25) is 0 Å². The van der Waals surface area contributed by atoms with Crippen LogP contribution < -0.4 is 9.47 Å². The molecule has 0 spiro atoms. The molecule has 7 nitrogen and oxygen atoms in total. The van der Waals surface area contributed by atoms with Gasteiger partial charge in [0.1, 0.15) is 0 Å². The molecule has 0 bridgehead atoms. The van der Waals surface area contributed by atoms with Gasteiger partial charge in [-0.15, -0.1) is 0 Å². The van der Waals surface area contributed by atoms with E-state index in [0.29, 0.717) is 11.8 Å². The standard InChI is InChI=1S/C16H20N6O/c1-20(2)16-17-14(19-23-4)13-15(18-16)21(3)11-22(13)10-12-8-6-5-7-9-12/h5-9,11H,10H2,1-4H3. The van der Waals surface area contributed by atoms with Crippen molar-refractivity contribution in [3.8, 4) is 0 Å². The fourth-order valence-electron chi connectivity index (χ4n) is 2.49. The summed E-state index contributed by atoms with van der Waals surface area (Å²) in [6, 6.07) is 10.3. The molecule has 1 aromatic carbocycles. The number of nitrogens with zero attached hydrogens (tertiary/aromatic N) is 6. The number of aryl methyl sites for hydroxylation is 1. The van der Waals surface area contributed by atoms with E-state index >= 15 is 0 Å². The Morgan fingerprint density at radius 2 is 1.96 bits per heavy atom. The molecule has 0 aliphatic rings. The van der Waals surface area contributed by atoms with E-state index in [4.69, 9.17) is 4.84 Å². The van der Waals surface area contributed by atoms with E-state index in [1.54, 1.807) is 0 Å². The summed E-state index contributed by atoms with van der Waals surface area (Å²) in [5.74, 6) is 1.12. The van der Waals surface area contributed by atoms with Crippen molar-refractivity contribution in [2.75, 3.05) is 26.1 Å². The Labute approximate surface area is 135 Å². The van der Waals surface area contributed by atoms with Crippen molar-refractivity contribution in [1.82, 2.24) is 14.5 Å². The average molecular weight is 312 g/mol. The molecule has 23 heavy (non-hydrogen) atoms. The zero-order valence-electron chi connectivity index (χ0n) is 13.8. The zero-order chi connectivity index (χ0) is 16.4. The first-order chi connectivity index (χ1) is 11.1. The molecule has 0 N–H and O–H groups in total. The van der Waals surface area contributed by atoms with Crippen LogP contribution in [-0.4, -0.2) is 35.7 Å². The molecule has 2 heterocycles. The van der Waals surface area contributed by atoms with Crippen molar-refractivity contribution in [1.29, 1.82) is 0 Å². The Balaban J connectivity index is 2.15. The summed E-state index contributed by atoms with van der Waals surface area (Å²) in [7, 11) is 7.29. The maximum absolute atomic E-state index is 4.98. The van der Waals surface area contributed by atoms with Gasteiger partial charge in [-0.3, -0.25) is 4.57 Å². The van der Waals surface area contributed by atoms with Gasteiger partial charge in [-0.1, -0.05) is 35.3 Å². The molecule has 0 saturated carbocycles. The fourth-order valence-corrected chi connectivity index (χ4v) is 2.49. The Bertz CT molecular complexity index is 812. The zero-order valence-corrected chi connectivity index (χ0v) is 13.8. The Kier molecular flexibility index (Phi) is 4.12. The highest BCUT2D eigenvalue weighted by molar-refractivity contribution is 5.83. The molecule has 0 unspecified atom stereocenters. The number of imidazole rings is 1. The summed E-state index contributed by atoms with van der Waals surface area (Å²) in [5, 5.41) is 0. The minimum absolute atomic E-state index is 0.526. The number of hydrogen-bond donors (Lipinski definition) is 0. The van der Waals surface area contributed by atoms with Crippen molar-refractivity contribution >= 4 is 22.9 Å². The lowest BCUT2D eigenvalue weighted by Gasteiger charge is -2.17. The van der Waals surface area contributed by atoms with Gasteiger partial charge in [0.05, 0.1) is 13.6 Å². The van der Waals surface area contributed by atoms with Crippen LogP contribution in [-0.2, 0) is 18.4 Å². The first-order valence-corrected chi connectivity index (χ1v) is 7.32. The second kappa shape index (κ2) is 6.21. The maximum Gasteiger partial charge on any atom is 0.303 e. The number of aromatic nitrogens is 4. The fraction of sp³-hybridized carbons (Fsp3) is 0.312. The van der Waals surface area contributed by atoms with Gasteiger partial charge in [0.15, 0.2) is 17.8 Å². The van der Waals surface area contributed by atoms with Gasteiger partial charge in [-0.25, -0.2) is 4.57 Å². The van der Waals surface area contributed by atoms with Crippen LogP contribution >= 0.6 is 0 Å². The lowest BCUT2D eigenvalue weighted by molar-refractivity contribution is -0.647. The third-order valence-corrected chi connectivity index (χ3v) is 3.54. The smallest absolute Gasteiger partial charge is 0.303 e. The molecule has 0 atom stereocenters. The van der Waals surface area contributed by atoms with Gasteiger partial charge in [-0.2, -0.15) is 0 Å². The summed E-state index contributed by atoms with van der Waals surface area (Å²) in [6.45, 7) is 0.717. The second-order valence-electron chi connectivity index (χ2n) is 5.53. The van der Waals surface area contributed by atoms with Gasteiger partial charge < -0.3 is 20.2 Å². The summed E-state index contributed by atoms with van der Waals surface area (Å²) < 4.78 is 4.06. The lowest BCUT2D eigenvalue weighted by atomic mass is 10.2. The third kappa shape index (κ3) is 2.95. The van der Waals surface area contributed by atoms with E-state index in [2.05, 4.69) is 32.1 Å². The Hall–Kier alpha value is -2.67. The van der Waals surface area contributed by atoms with Crippen LogP contribution in [0.2, 0.25) is 0 Å². The van der Waals surface area contributed by atoms with Crippen LogP contribution in [0.4, 0.5) is 11.8 Å². The van der Waals surface area contributed by atoms with Crippen LogP contribution in [0.5, 0.6) is 0 Å². The summed E-state index contributed by atoms with van der Waals surface area (Å²) in [5.41, 5.74) is 6.95. The maximum atomic E-state index is 4.98. The Morgan fingerprint density at radius 3 is 2.61 bits per heavy atom. The predicted molar refractivity (Wildman–Crippen MR) is 88.6 cm³/mol. The van der Waals surface area contributed by atoms with E-state index in [0.717, 1.165) is 17.7 Å². The van der Waals surface area contributed by atoms with Crippen molar-refractivity contribution < 1.29 is 9.40 Å². The third-order valence-electron chi connectivity index (χ3n) is 3.54. The van der Waals surface area contributed by atoms with Crippen LogP contribution in [0.25, 0.3) is 16.6 Å². The molecular formula is C16H20N6O. The minimum atomic E-state index is 0.526. The van der Waals surface area contributed by atoms with Crippen LogP contribution in [0.3, 0.4) is 0 Å². The summed E-state index contributed by atoms with van der Waals surface area (Å²) in [4.78, 5) is 15.9. The molecule has 0 fully saturated rings. The van der Waals surface area contributed by atoms with E-state index in [-0.39, 0.29) is 0 Å². The minimum Gasteiger partial charge on any atom is -0.385 e. The van der Waals surface area contributed by atoms with Crippen LogP contribution in [0.15, 0.2) is 36.7 Å². The SMILES string of the molecule is CO[N-]c1nc(N(C)C)nc2c1n(Cc1ccccc1)c[n+]2C. The predicted octanol–water partition coefficient (Wildman–Crippen LogP) is 1.94. The number of hydrogen-bond acceptors (Lipinski definition) is 4.